The van der Waals surface area contributed by atoms with Crippen LogP contribution in [-0.4, -0.2) is 41.9 Å². The third-order valence-electron chi connectivity index (χ3n) is 5.23. The molecule has 1 fully saturated rings. The van der Waals surface area contributed by atoms with Gasteiger partial charge in [-0.3, -0.25) is 4.79 Å². The van der Waals surface area contributed by atoms with Crippen molar-refractivity contribution in [1.29, 1.82) is 0 Å². The second-order valence-corrected chi connectivity index (χ2v) is 10.5. The Morgan fingerprint density at radius 1 is 1.16 bits per heavy atom. The number of rotatable bonds is 9. The van der Waals surface area contributed by atoms with E-state index in [9.17, 15) is 13.2 Å². The van der Waals surface area contributed by atoms with Gasteiger partial charge in [-0.15, -0.1) is 10.2 Å². The predicted octanol–water partition coefficient (Wildman–Crippen LogP) is 3.15. The highest BCUT2D eigenvalue weighted by Crippen LogP contribution is 2.40. The van der Waals surface area contributed by atoms with Gasteiger partial charge in [0.05, 0.1) is 17.2 Å². The lowest BCUT2D eigenvalue weighted by Crippen LogP contribution is -2.20. The maximum atomic E-state index is 12.6. The third kappa shape index (κ3) is 5.20. The molecule has 1 aliphatic rings. The second-order valence-electron chi connectivity index (χ2n) is 7.71. The summed E-state index contributed by atoms with van der Waals surface area (Å²) >= 11 is 1.32. The van der Waals surface area contributed by atoms with Gasteiger partial charge in [-0.25, -0.2) is 13.1 Å². The molecule has 0 atom stereocenters. The van der Waals surface area contributed by atoms with Gasteiger partial charge < -0.3 is 9.88 Å². The molecule has 2 aromatic carbocycles. The number of nitrogens with one attached hydrogen (secondary N) is 2. The van der Waals surface area contributed by atoms with Gasteiger partial charge in [-0.2, -0.15) is 0 Å². The number of hydrogen-bond donors (Lipinski definition) is 2. The fourth-order valence-electron chi connectivity index (χ4n) is 3.37. The number of hydrogen-bond acceptors (Lipinski definition) is 6. The van der Waals surface area contributed by atoms with Crippen LogP contribution in [0.5, 0.6) is 0 Å². The van der Waals surface area contributed by atoms with Gasteiger partial charge in [0.25, 0.3) is 0 Å². The summed E-state index contributed by atoms with van der Waals surface area (Å²) in [7, 11) is -2.25. The van der Waals surface area contributed by atoms with Crippen molar-refractivity contribution in [2.75, 3.05) is 18.1 Å². The second kappa shape index (κ2) is 9.43. The van der Waals surface area contributed by atoms with Gasteiger partial charge in [0.15, 0.2) is 5.16 Å². The van der Waals surface area contributed by atoms with E-state index in [1.165, 1.54) is 24.9 Å². The summed E-state index contributed by atoms with van der Waals surface area (Å²) in [4.78, 5) is 12.7. The van der Waals surface area contributed by atoms with E-state index in [1.54, 1.807) is 19.1 Å². The SMILES string of the molecule is CNS(=O)(=O)c1cc(NC(=O)CSc2nnc(C3CC3)n2Cc2ccccc2)ccc1C. The van der Waals surface area contributed by atoms with E-state index in [0.29, 0.717) is 28.9 Å². The zero-order chi connectivity index (χ0) is 22.7. The summed E-state index contributed by atoms with van der Waals surface area (Å²) in [6.45, 7) is 2.37. The monoisotopic (exact) mass is 471 g/mol. The number of nitrogens with zero attached hydrogens (tertiary/aromatic N) is 3. The summed E-state index contributed by atoms with van der Waals surface area (Å²) in [5, 5.41) is 12.2. The van der Waals surface area contributed by atoms with E-state index < -0.39 is 10.0 Å². The first-order chi connectivity index (χ1) is 15.4. The first kappa shape index (κ1) is 22.5. The number of carbonyl (C=O) groups excluding carboxylic acids is 1. The molecule has 2 N–H and O–H groups in total. The topological polar surface area (TPSA) is 106 Å². The molecule has 1 saturated carbocycles. The van der Waals surface area contributed by atoms with Crippen LogP contribution >= 0.6 is 11.8 Å². The smallest absolute Gasteiger partial charge is 0.240 e. The van der Waals surface area contributed by atoms with Crippen LogP contribution in [0.2, 0.25) is 0 Å². The molecule has 1 amide bonds. The Bertz CT molecular complexity index is 1220. The normalized spacial score (nSPS) is 13.8. The van der Waals surface area contributed by atoms with Crippen molar-refractivity contribution < 1.29 is 13.2 Å². The number of benzene rings is 2. The molecule has 0 spiro atoms. The molecular weight excluding hydrogens is 446 g/mol. The van der Waals surface area contributed by atoms with E-state index in [2.05, 4.69) is 36.9 Å². The van der Waals surface area contributed by atoms with Crippen molar-refractivity contribution >= 4 is 33.4 Å². The van der Waals surface area contributed by atoms with E-state index in [0.717, 1.165) is 24.2 Å². The van der Waals surface area contributed by atoms with Crippen molar-refractivity contribution in [2.24, 2.45) is 0 Å². The molecule has 0 bridgehead atoms. The predicted molar refractivity (Wildman–Crippen MR) is 124 cm³/mol. The maximum absolute atomic E-state index is 12.6. The van der Waals surface area contributed by atoms with Crippen LogP contribution in [0.15, 0.2) is 58.6 Å². The number of carbonyl (C=O) groups is 1. The van der Waals surface area contributed by atoms with Crippen molar-refractivity contribution in [3.05, 3.63) is 65.5 Å². The molecular formula is C22H25N5O3S2. The fourth-order valence-corrected chi connectivity index (χ4v) is 5.11. The molecule has 10 heteroatoms. The maximum Gasteiger partial charge on any atom is 0.240 e. The van der Waals surface area contributed by atoms with E-state index in [4.69, 9.17) is 0 Å². The summed E-state index contributed by atoms with van der Waals surface area (Å²) < 4.78 is 28.7. The minimum Gasteiger partial charge on any atom is -0.325 e. The summed E-state index contributed by atoms with van der Waals surface area (Å²) in [6, 6.07) is 14.9. The Morgan fingerprint density at radius 2 is 1.91 bits per heavy atom. The Balaban J connectivity index is 1.45. The van der Waals surface area contributed by atoms with E-state index in [-0.39, 0.29) is 16.6 Å². The number of sulfonamides is 1. The Labute approximate surface area is 191 Å². The van der Waals surface area contributed by atoms with Crippen LogP contribution in [0.25, 0.3) is 0 Å². The van der Waals surface area contributed by atoms with Gasteiger partial charge in [0.2, 0.25) is 15.9 Å². The molecule has 8 nitrogen and oxygen atoms in total. The number of aryl methyl sites for hydroxylation is 1. The third-order valence-corrected chi connectivity index (χ3v) is 7.76. The lowest BCUT2D eigenvalue weighted by Gasteiger charge is -2.11. The summed E-state index contributed by atoms with van der Waals surface area (Å²) in [6.07, 6.45) is 2.23. The Kier molecular flexibility index (Phi) is 6.63. The average molecular weight is 472 g/mol. The molecule has 32 heavy (non-hydrogen) atoms. The summed E-state index contributed by atoms with van der Waals surface area (Å²) in [5.41, 5.74) is 2.19. The van der Waals surface area contributed by atoms with Crippen LogP contribution in [0.4, 0.5) is 5.69 Å². The molecule has 0 radical (unpaired) electrons. The van der Waals surface area contributed by atoms with Gasteiger partial charge in [0.1, 0.15) is 5.82 Å². The Hall–Kier alpha value is -2.69. The van der Waals surface area contributed by atoms with Crippen LogP contribution in [-0.2, 0) is 21.4 Å². The van der Waals surface area contributed by atoms with Crippen molar-refractivity contribution in [3.8, 4) is 0 Å². The minimum absolute atomic E-state index is 0.138. The van der Waals surface area contributed by atoms with Gasteiger partial charge in [0, 0.05) is 11.6 Å². The zero-order valence-corrected chi connectivity index (χ0v) is 19.5. The quantitative estimate of drug-likeness (QED) is 0.465. The lowest BCUT2D eigenvalue weighted by molar-refractivity contribution is -0.113. The van der Waals surface area contributed by atoms with Crippen LogP contribution in [0.1, 0.15) is 35.7 Å². The van der Waals surface area contributed by atoms with Gasteiger partial charge in [-0.1, -0.05) is 48.2 Å². The highest BCUT2D eigenvalue weighted by atomic mass is 32.2. The lowest BCUT2D eigenvalue weighted by atomic mass is 10.2. The largest absolute Gasteiger partial charge is 0.325 e. The van der Waals surface area contributed by atoms with E-state index in [1.807, 2.05) is 18.2 Å². The zero-order valence-electron chi connectivity index (χ0n) is 17.9. The molecule has 0 aliphatic heterocycles. The van der Waals surface area contributed by atoms with Crippen molar-refractivity contribution in [3.63, 3.8) is 0 Å². The average Bonchev–Trinajstić information content (AvgIpc) is 3.56. The molecule has 0 saturated heterocycles. The van der Waals surface area contributed by atoms with Crippen LogP contribution in [0.3, 0.4) is 0 Å². The molecule has 3 aromatic rings. The van der Waals surface area contributed by atoms with Gasteiger partial charge in [-0.05, 0) is 50.1 Å². The number of anilines is 1. The minimum atomic E-state index is -3.61. The number of amides is 1. The van der Waals surface area contributed by atoms with Crippen LogP contribution in [0, 0.1) is 6.92 Å². The molecule has 0 unspecified atom stereocenters. The van der Waals surface area contributed by atoms with Crippen molar-refractivity contribution in [2.45, 2.75) is 42.3 Å². The highest BCUT2D eigenvalue weighted by molar-refractivity contribution is 7.99. The van der Waals surface area contributed by atoms with E-state index >= 15 is 0 Å². The molecule has 1 aliphatic carbocycles. The molecule has 1 heterocycles. The first-order valence-corrected chi connectivity index (χ1v) is 12.8. The Morgan fingerprint density at radius 3 is 2.59 bits per heavy atom. The number of thioether (sulfide) groups is 1. The molecule has 4 rings (SSSR count). The fraction of sp³-hybridized carbons (Fsp3) is 0.318. The standard InChI is InChI=1S/C22H25N5O3S2/c1-15-8-11-18(12-19(15)32(29,30)23-2)24-20(28)14-31-22-26-25-21(17-9-10-17)27(22)13-16-6-4-3-5-7-16/h3-8,11-12,17,23H,9-10,13-14H2,1-2H3,(H,24,28). The first-order valence-electron chi connectivity index (χ1n) is 10.3. The highest BCUT2D eigenvalue weighted by Gasteiger charge is 2.30. The van der Waals surface area contributed by atoms with Crippen molar-refractivity contribution in [1.82, 2.24) is 19.5 Å². The van der Waals surface area contributed by atoms with Crippen LogP contribution < -0.4 is 10.0 Å². The molecule has 168 valence electrons. The number of aromatic nitrogens is 3. The van der Waals surface area contributed by atoms with Gasteiger partial charge >= 0.3 is 0 Å². The summed E-state index contributed by atoms with van der Waals surface area (Å²) in [5.74, 6) is 1.31. The molecule has 1 aromatic heterocycles.